The second-order valence-corrected chi connectivity index (χ2v) is 13.9. The molecule has 0 saturated carbocycles. The first-order chi connectivity index (χ1) is 18.6. The van der Waals surface area contributed by atoms with Gasteiger partial charge in [0.1, 0.15) is 18.7 Å². The van der Waals surface area contributed by atoms with Gasteiger partial charge in [-0.2, -0.15) is 4.98 Å². The van der Waals surface area contributed by atoms with Crippen molar-refractivity contribution in [3.63, 3.8) is 0 Å². The number of benzene rings is 2. The number of fused-ring (bicyclic) bond motifs is 1. The predicted octanol–water partition coefficient (Wildman–Crippen LogP) is 5.97. The van der Waals surface area contributed by atoms with Crippen LogP contribution < -0.4 is 31.3 Å². The molecule has 206 valence electrons. The molecule has 4 N–H and O–H groups in total. The van der Waals surface area contributed by atoms with Crippen LogP contribution in [-0.4, -0.2) is 55.8 Å². The molecule has 0 bridgehead atoms. The van der Waals surface area contributed by atoms with Crippen LogP contribution >= 0.6 is 23.1 Å². The number of anilines is 5. The van der Waals surface area contributed by atoms with Gasteiger partial charge in [0.15, 0.2) is 0 Å². The normalized spacial score (nSPS) is 15.8. The molecule has 1 aliphatic heterocycles. The van der Waals surface area contributed by atoms with Crippen molar-refractivity contribution in [1.29, 1.82) is 0 Å². The zero-order valence-corrected chi connectivity index (χ0v) is 25.6. The number of hydrogen-bond donors (Lipinski definition) is 3. The van der Waals surface area contributed by atoms with E-state index in [-0.39, 0.29) is 6.04 Å². The van der Waals surface area contributed by atoms with E-state index >= 15 is 0 Å². The van der Waals surface area contributed by atoms with Crippen LogP contribution in [0.1, 0.15) is 25.8 Å². The average molecular weight is 613 g/mol. The maximum Gasteiger partial charge on any atom is 0.229 e. The van der Waals surface area contributed by atoms with Crippen molar-refractivity contribution in [2.75, 3.05) is 49.6 Å². The van der Waals surface area contributed by atoms with Crippen molar-refractivity contribution in [1.82, 2.24) is 9.97 Å². The van der Waals surface area contributed by atoms with Crippen LogP contribution in [0.25, 0.3) is 5.57 Å². The first-order valence-corrected chi connectivity index (χ1v) is 16.0. The molecule has 1 aliphatic rings. The van der Waals surface area contributed by atoms with Gasteiger partial charge in [-0.15, -0.1) is 0 Å². The van der Waals surface area contributed by atoms with E-state index in [2.05, 4.69) is 55.3 Å². The van der Waals surface area contributed by atoms with Gasteiger partial charge in [0.25, 0.3) is 0 Å². The van der Waals surface area contributed by atoms with Crippen molar-refractivity contribution >= 4 is 68.5 Å². The molecule has 1 aromatic heterocycles. The minimum atomic E-state index is -2.51. The lowest BCUT2D eigenvalue weighted by atomic mass is 9.98. The van der Waals surface area contributed by atoms with Gasteiger partial charge < -0.3 is 30.6 Å². The highest BCUT2D eigenvalue weighted by atomic mass is 79.9. The van der Waals surface area contributed by atoms with Crippen molar-refractivity contribution in [2.45, 2.75) is 26.3 Å². The lowest BCUT2D eigenvalue weighted by Crippen LogP contribution is -2.31. The molecule has 0 spiro atoms. The lowest BCUT2D eigenvalue weighted by Gasteiger charge is -2.29. The highest BCUT2D eigenvalue weighted by Crippen LogP contribution is 2.42. The van der Waals surface area contributed by atoms with E-state index in [1.165, 1.54) is 0 Å². The Morgan fingerprint density at radius 3 is 2.59 bits per heavy atom. The number of ether oxygens (including phenoxy) is 1. The third-order valence-electron chi connectivity index (χ3n) is 6.61. The average Bonchev–Trinajstić information content (AvgIpc) is 3.05. The predicted molar refractivity (Wildman–Crippen MR) is 167 cm³/mol. The summed E-state index contributed by atoms with van der Waals surface area (Å²) in [6.07, 6.45) is 4.07. The summed E-state index contributed by atoms with van der Waals surface area (Å²) < 4.78 is 19.3. The quantitative estimate of drug-likeness (QED) is 0.280. The smallest absolute Gasteiger partial charge is 0.229 e. The first-order valence-electron chi connectivity index (χ1n) is 12.7. The van der Waals surface area contributed by atoms with Crippen molar-refractivity contribution in [3.8, 4) is 5.75 Å². The third kappa shape index (κ3) is 6.12. The van der Waals surface area contributed by atoms with Gasteiger partial charge >= 0.3 is 0 Å². The van der Waals surface area contributed by atoms with Gasteiger partial charge in [-0.25, -0.2) is 4.98 Å². The number of methoxy groups -OCH3 is 1. The zero-order valence-electron chi connectivity index (χ0n) is 23.1. The minimum absolute atomic E-state index is 0.273. The molecule has 0 atom stereocenters. The van der Waals surface area contributed by atoms with Crippen LogP contribution in [0.5, 0.6) is 5.75 Å². The summed E-state index contributed by atoms with van der Waals surface area (Å²) >= 11 is 3.54. The van der Waals surface area contributed by atoms with Gasteiger partial charge in [-0.1, -0.05) is 12.1 Å². The van der Waals surface area contributed by atoms with Gasteiger partial charge in [0.2, 0.25) is 5.95 Å². The standard InChI is InChI=1S/C28H35BrN7O2P/c1-17(2)36-12-11-21(31-3)19(15-30)18-13-23(25(38-4)14-24(18)36)34-28-32-16-20(29)27(35-28)33-22-9-7-8-10-26(22)39(5,6)37/h7-10,13-17H,11-12,30H2,1-6H3,(H2,32,33,34,35). The SMILES string of the molecule is CN=C1CCN(C(C)C)c2cc(OC)c(Nc3ncc(Br)c(Nc4ccccc4P(C)(C)=O)n3)cc2C1=CN. The van der Waals surface area contributed by atoms with E-state index in [1.54, 1.807) is 39.9 Å². The summed E-state index contributed by atoms with van der Waals surface area (Å²) in [4.78, 5) is 16.0. The number of allylic oxidation sites excluding steroid dienone is 1. The van der Waals surface area contributed by atoms with E-state index < -0.39 is 7.14 Å². The Balaban J connectivity index is 1.76. The van der Waals surface area contributed by atoms with Crippen molar-refractivity contribution < 1.29 is 9.30 Å². The lowest BCUT2D eigenvalue weighted by molar-refractivity contribution is 0.416. The highest BCUT2D eigenvalue weighted by Gasteiger charge is 2.26. The molecule has 39 heavy (non-hydrogen) atoms. The number of nitrogens with one attached hydrogen (secondary N) is 2. The monoisotopic (exact) mass is 611 g/mol. The highest BCUT2D eigenvalue weighted by molar-refractivity contribution is 9.10. The molecule has 2 heterocycles. The Morgan fingerprint density at radius 2 is 1.95 bits per heavy atom. The molecule has 0 saturated heterocycles. The number of nitrogens with zero attached hydrogens (tertiary/aromatic N) is 4. The molecule has 2 aromatic carbocycles. The zero-order chi connectivity index (χ0) is 28.3. The number of nitrogens with two attached hydrogens (primary N) is 1. The number of aromatic nitrogens is 2. The third-order valence-corrected chi connectivity index (χ3v) is 8.74. The summed E-state index contributed by atoms with van der Waals surface area (Å²) in [6.45, 7) is 8.65. The maximum atomic E-state index is 12.9. The second kappa shape index (κ2) is 11.8. The van der Waals surface area contributed by atoms with E-state index in [9.17, 15) is 4.57 Å². The molecule has 4 rings (SSSR count). The van der Waals surface area contributed by atoms with E-state index in [4.69, 9.17) is 15.5 Å². The fraction of sp³-hybridized carbons (Fsp3) is 0.321. The molecule has 0 amide bonds. The van der Waals surface area contributed by atoms with E-state index in [1.807, 2.05) is 36.4 Å². The molecule has 0 unspecified atom stereocenters. The number of hydrogen-bond acceptors (Lipinski definition) is 9. The number of halogens is 1. The fourth-order valence-electron chi connectivity index (χ4n) is 4.69. The number of para-hydroxylation sites is 1. The molecular weight excluding hydrogens is 577 g/mol. The summed E-state index contributed by atoms with van der Waals surface area (Å²) in [5, 5.41) is 7.39. The first kappa shape index (κ1) is 28.6. The number of rotatable bonds is 7. The summed E-state index contributed by atoms with van der Waals surface area (Å²) in [5.74, 6) is 1.55. The van der Waals surface area contributed by atoms with Crippen LogP contribution in [-0.2, 0) is 4.57 Å². The van der Waals surface area contributed by atoms with Crippen LogP contribution in [0.15, 0.2) is 58.3 Å². The summed E-state index contributed by atoms with van der Waals surface area (Å²) in [5.41, 5.74) is 11.4. The Bertz CT molecular complexity index is 1480. The molecule has 3 aromatic rings. The molecule has 0 fully saturated rings. The second-order valence-electron chi connectivity index (χ2n) is 9.87. The van der Waals surface area contributed by atoms with Crippen LogP contribution in [0.2, 0.25) is 0 Å². The molecule has 0 radical (unpaired) electrons. The Morgan fingerprint density at radius 1 is 1.21 bits per heavy atom. The van der Waals surface area contributed by atoms with Gasteiger partial charge in [-0.05, 0) is 61.3 Å². The summed E-state index contributed by atoms with van der Waals surface area (Å²) in [7, 11) is 0.925. The van der Waals surface area contributed by atoms with Crippen molar-refractivity contribution in [3.05, 3.63) is 58.8 Å². The maximum absolute atomic E-state index is 12.9. The number of aliphatic imine (C=N–C) groups is 1. The topological polar surface area (TPSA) is 118 Å². The van der Waals surface area contributed by atoms with Crippen LogP contribution in [0.3, 0.4) is 0 Å². The fourth-order valence-corrected chi connectivity index (χ4v) is 6.14. The summed E-state index contributed by atoms with van der Waals surface area (Å²) in [6, 6.07) is 11.8. The van der Waals surface area contributed by atoms with E-state index in [0.29, 0.717) is 27.7 Å². The minimum Gasteiger partial charge on any atom is -0.494 e. The van der Waals surface area contributed by atoms with Gasteiger partial charge in [0.05, 0.1) is 23.0 Å². The van der Waals surface area contributed by atoms with Crippen LogP contribution in [0, 0.1) is 0 Å². The Kier molecular flexibility index (Phi) is 8.67. The van der Waals surface area contributed by atoms with Gasteiger partial charge in [-0.3, -0.25) is 4.99 Å². The Hall–Kier alpha value is -3.36. The van der Waals surface area contributed by atoms with Crippen molar-refractivity contribution in [2.24, 2.45) is 10.7 Å². The van der Waals surface area contributed by atoms with Gasteiger partial charge in [0, 0.05) is 72.4 Å². The Labute approximate surface area is 238 Å². The largest absolute Gasteiger partial charge is 0.494 e. The molecule has 0 aliphatic carbocycles. The molecular formula is C28H35BrN7O2P. The van der Waals surface area contributed by atoms with Crippen LogP contribution in [0.4, 0.5) is 28.8 Å². The van der Waals surface area contributed by atoms with E-state index in [0.717, 1.165) is 46.5 Å². The molecule has 9 nitrogen and oxygen atoms in total. The molecule has 11 heteroatoms.